The summed E-state index contributed by atoms with van der Waals surface area (Å²) in [4.78, 5) is 12.2. The zero-order valence-corrected chi connectivity index (χ0v) is 14.5. The van der Waals surface area contributed by atoms with Crippen molar-refractivity contribution in [1.82, 2.24) is 9.36 Å². The Kier molecular flexibility index (Phi) is 4.13. The van der Waals surface area contributed by atoms with Crippen LogP contribution in [0.15, 0.2) is 64.3 Å². The summed E-state index contributed by atoms with van der Waals surface area (Å²) < 4.78 is 30.1. The topological polar surface area (TPSA) is 93.3 Å². The van der Waals surface area contributed by atoms with E-state index in [1.54, 1.807) is 44.3 Å². The Hall–Kier alpha value is -3.00. The van der Waals surface area contributed by atoms with Crippen LogP contribution in [0.5, 0.6) is 5.75 Å². The number of hydrogen-bond donors (Lipinski definition) is 2. The summed E-state index contributed by atoms with van der Waals surface area (Å²) >= 11 is 0. The zero-order valence-electron chi connectivity index (χ0n) is 13.7. The highest BCUT2D eigenvalue weighted by Gasteiger charge is 2.17. The average molecular weight is 359 g/mol. The second-order valence-electron chi connectivity index (χ2n) is 5.54. The largest absolute Gasteiger partial charge is 0.502 e. The maximum absolute atomic E-state index is 12.4. The predicted octanol–water partition coefficient (Wildman–Crippen LogP) is 1.99. The van der Waals surface area contributed by atoms with Gasteiger partial charge in [-0.3, -0.25) is 14.2 Å². The maximum Gasteiger partial charge on any atom is 0.313 e. The van der Waals surface area contributed by atoms with Gasteiger partial charge in [0.25, 0.3) is 10.0 Å². The van der Waals surface area contributed by atoms with E-state index in [-0.39, 0.29) is 10.6 Å². The number of para-hydroxylation sites is 1. The summed E-state index contributed by atoms with van der Waals surface area (Å²) in [5, 5.41) is 9.76. The molecular weight excluding hydrogens is 342 g/mol. The van der Waals surface area contributed by atoms with E-state index in [2.05, 4.69) is 4.72 Å². The Morgan fingerprint density at radius 1 is 1.00 bits per heavy atom. The minimum atomic E-state index is -3.73. The molecule has 0 saturated carbocycles. The molecule has 25 heavy (non-hydrogen) atoms. The normalized spacial score (nSPS) is 11.4. The molecule has 3 rings (SSSR count). The first kappa shape index (κ1) is 16.8. The summed E-state index contributed by atoms with van der Waals surface area (Å²) in [6.45, 7) is 1.62. The number of nitrogens with one attached hydrogen (secondary N) is 1. The van der Waals surface area contributed by atoms with Gasteiger partial charge in [0.2, 0.25) is 5.75 Å². The number of hydrogen-bond acceptors (Lipinski definition) is 4. The van der Waals surface area contributed by atoms with Gasteiger partial charge in [0.1, 0.15) is 0 Å². The first-order valence-electron chi connectivity index (χ1n) is 7.47. The van der Waals surface area contributed by atoms with Crippen molar-refractivity contribution in [3.63, 3.8) is 0 Å². The van der Waals surface area contributed by atoms with Gasteiger partial charge in [-0.25, -0.2) is 13.1 Å². The summed E-state index contributed by atoms with van der Waals surface area (Å²) in [6.07, 6.45) is 0. The lowest BCUT2D eigenvalue weighted by Gasteiger charge is -2.10. The summed E-state index contributed by atoms with van der Waals surface area (Å²) in [5.41, 5.74) is 0.783. The Morgan fingerprint density at radius 2 is 1.60 bits per heavy atom. The fraction of sp³-hybridized carbons (Fsp3) is 0.118. The molecule has 0 bridgehead atoms. The molecule has 0 amide bonds. The fourth-order valence-corrected chi connectivity index (χ4v) is 3.53. The first-order chi connectivity index (χ1) is 11.8. The Balaban J connectivity index is 1.96. The van der Waals surface area contributed by atoms with Crippen LogP contribution < -0.4 is 10.3 Å². The van der Waals surface area contributed by atoms with Crippen LogP contribution >= 0.6 is 0 Å². The molecule has 8 heteroatoms. The van der Waals surface area contributed by atoms with Crippen molar-refractivity contribution >= 4 is 15.7 Å². The number of aromatic nitrogens is 2. The summed E-state index contributed by atoms with van der Waals surface area (Å²) in [7, 11) is -2.09. The van der Waals surface area contributed by atoms with Crippen LogP contribution in [-0.2, 0) is 17.1 Å². The van der Waals surface area contributed by atoms with Gasteiger partial charge in [0.15, 0.2) is 0 Å². The molecule has 0 unspecified atom stereocenters. The van der Waals surface area contributed by atoms with Gasteiger partial charge in [-0.2, -0.15) is 0 Å². The van der Waals surface area contributed by atoms with Crippen molar-refractivity contribution in [1.29, 1.82) is 0 Å². The lowest BCUT2D eigenvalue weighted by Crippen LogP contribution is -2.19. The third-order valence-electron chi connectivity index (χ3n) is 3.94. The van der Waals surface area contributed by atoms with Crippen LogP contribution in [-0.4, -0.2) is 22.9 Å². The molecule has 0 atom stereocenters. The molecule has 0 spiro atoms. The molecule has 0 aliphatic rings. The highest BCUT2D eigenvalue weighted by atomic mass is 32.2. The van der Waals surface area contributed by atoms with Crippen molar-refractivity contribution in [3.8, 4) is 11.4 Å². The predicted molar refractivity (Wildman–Crippen MR) is 94.7 cm³/mol. The van der Waals surface area contributed by atoms with E-state index >= 15 is 0 Å². The highest BCUT2D eigenvalue weighted by Crippen LogP contribution is 2.19. The van der Waals surface area contributed by atoms with Gasteiger partial charge in [-0.1, -0.05) is 18.2 Å². The van der Waals surface area contributed by atoms with E-state index in [0.717, 1.165) is 0 Å². The van der Waals surface area contributed by atoms with Crippen LogP contribution in [0.1, 0.15) is 5.69 Å². The van der Waals surface area contributed by atoms with Gasteiger partial charge in [0, 0.05) is 12.7 Å². The fourth-order valence-electron chi connectivity index (χ4n) is 2.47. The number of benzene rings is 2. The van der Waals surface area contributed by atoms with Gasteiger partial charge in [0.05, 0.1) is 16.3 Å². The number of sulfonamides is 1. The van der Waals surface area contributed by atoms with Gasteiger partial charge in [-0.15, -0.1) is 0 Å². The van der Waals surface area contributed by atoms with Crippen LogP contribution in [0.2, 0.25) is 0 Å². The van der Waals surface area contributed by atoms with Crippen LogP contribution in [0.3, 0.4) is 0 Å². The molecule has 130 valence electrons. The Bertz CT molecular complexity index is 1070. The molecular formula is C17H17N3O4S. The molecule has 1 aromatic heterocycles. The van der Waals surface area contributed by atoms with Gasteiger partial charge in [-0.05, 0) is 43.3 Å². The van der Waals surface area contributed by atoms with Crippen LogP contribution in [0.25, 0.3) is 5.69 Å². The van der Waals surface area contributed by atoms with E-state index < -0.39 is 15.6 Å². The number of anilines is 1. The number of rotatable bonds is 4. The van der Waals surface area contributed by atoms with Crippen molar-refractivity contribution in [3.05, 3.63) is 70.6 Å². The molecule has 2 N–H and O–H groups in total. The molecule has 0 aliphatic carbocycles. The van der Waals surface area contributed by atoms with E-state index in [1.807, 2.05) is 0 Å². The third-order valence-corrected chi connectivity index (χ3v) is 5.34. The zero-order chi connectivity index (χ0) is 18.2. The maximum atomic E-state index is 12.4. The van der Waals surface area contributed by atoms with Crippen molar-refractivity contribution in [2.45, 2.75) is 11.8 Å². The highest BCUT2D eigenvalue weighted by molar-refractivity contribution is 7.92. The molecule has 0 radical (unpaired) electrons. The lowest BCUT2D eigenvalue weighted by atomic mass is 10.3. The van der Waals surface area contributed by atoms with Gasteiger partial charge < -0.3 is 5.11 Å². The number of nitrogens with zero attached hydrogens (tertiary/aromatic N) is 2. The molecule has 3 aromatic rings. The lowest BCUT2D eigenvalue weighted by molar-refractivity contribution is 0.465. The van der Waals surface area contributed by atoms with Crippen molar-refractivity contribution in [2.75, 3.05) is 4.72 Å². The second kappa shape index (κ2) is 6.14. The summed E-state index contributed by atoms with van der Waals surface area (Å²) in [6, 6.07) is 14.4. The second-order valence-corrected chi connectivity index (χ2v) is 7.22. The van der Waals surface area contributed by atoms with E-state index in [4.69, 9.17) is 0 Å². The molecule has 7 nitrogen and oxygen atoms in total. The molecule has 1 heterocycles. The van der Waals surface area contributed by atoms with E-state index in [1.165, 1.54) is 33.6 Å². The Morgan fingerprint density at radius 3 is 2.12 bits per heavy atom. The Labute approximate surface area is 144 Å². The van der Waals surface area contributed by atoms with Crippen molar-refractivity contribution in [2.24, 2.45) is 7.05 Å². The molecule has 0 aliphatic heterocycles. The van der Waals surface area contributed by atoms with Crippen LogP contribution in [0.4, 0.5) is 5.69 Å². The molecule has 2 aromatic carbocycles. The molecule has 0 saturated heterocycles. The SMILES string of the molecule is Cc1c(O)c(=O)n(-c2ccc(S(=O)(=O)Nc3ccccc3)cc2)n1C. The smallest absolute Gasteiger partial charge is 0.313 e. The first-order valence-corrected chi connectivity index (χ1v) is 8.95. The summed E-state index contributed by atoms with van der Waals surface area (Å²) in [5.74, 6) is -0.329. The molecule has 0 fully saturated rings. The standard InChI is InChI=1S/C17H17N3O4S/c1-12-16(21)17(22)20(19(12)2)14-8-10-15(11-9-14)25(23,24)18-13-6-4-3-5-7-13/h3-11,18,21H,1-2H3. The monoisotopic (exact) mass is 359 g/mol. The third kappa shape index (κ3) is 3.03. The van der Waals surface area contributed by atoms with Crippen molar-refractivity contribution < 1.29 is 13.5 Å². The van der Waals surface area contributed by atoms with Crippen LogP contribution in [0, 0.1) is 6.92 Å². The van der Waals surface area contributed by atoms with E-state index in [0.29, 0.717) is 17.1 Å². The minimum absolute atomic E-state index is 0.0725. The minimum Gasteiger partial charge on any atom is -0.502 e. The quantitative estimate of drug-likeness (QED) is 0.745. The number of aromatic hydroxyl groups is 1. The van der Waals surface area contributed by atoms with E-state index in [9.17, 15) is 18.3 Å². The van der Waals surface area contributed by atoms with Gasteiger partial charge >= 0.3 is 5.56 Å². The average Bonchev–Trinajstić information content (AvgIpc) is 2.79.